The van der Waals surface area contributed by atoms with Crippen LogP contribution in [-0.4, -0.2) is 93.2 Å². The van der Waals surface area contributed by atoms with Crippen molar-refractivity contribution in [3.8, 4) is 0 Å². The molecule has 0 saturated carbocycles. The molecule has 1 unspecified atom stereocenters. The van der Waals surface area contributed by atoms with Gasteiger partial charge in [-0.1, -0.05) is 28.2 Å². The number of hydrogen-bond acceptors (Lipinski definition) is 15. The van der Waals surface area contributed by atoms with Gasteiger partial charge in [0, 0.05) is 23.0 Å². The van der Waals surface area contributed by atoms with Gasteiger partial charge in [0.15, 0.2) is 17.5 Å². The van der Waals surface area contributed by atoms with Crippen molar-refractivity contribution >= 4 is 69.9 Å². The molecule has 0 radical (unpaired) electrons. The number of allylic oxidation sites excluding steroid dienone is 1. The Labute approximate surface area is 248 Å². The average molecular weight is 633 g/mol. The summed E-state index contributed by atoms with van der Waals surface area (Å²) in [5.74, 6) is -2.11. The smallest absolute Gasteiger partial charge is 0.352 e. The normalized spacial score (nSPS) is 18.2. The number of nitrogens with zero attached hydrogens (tertiary/aromatic N) is 8. The molecule has 1 saturated heterocycles. The van der Waals surface area contributed by atoms with Crippen molar-refractivity contribution in [3.63, 3.8) is 0 Å². The van der Waals surface area contributed by atoms with Crippen LogP contribution in [-0.2, 0) is 37.2 Å². The lowest BCUT2D eigenvalue weighted by Gasteiger charge is -2.49. The van der Waals surface area contributed by atoms with Gasteiger partial charge in [-0.15, -0.1) is 34.8 Å². The van der Waals surface area contributed by atoms with E-state index in [2.05, 4.69) is 48.0 Å². The molecule has 3 aromatic rings. The maximum absolute atomic E-state index is 13.3. The van der Waals surface area contributed by atoms with Gasteiger partial charge in [-0.25, -0.2) is 14.5 Å². The van der Waals surface area contributed by atoms with Crippen LogP contribution in [0, 0.1) is 0 Å². The van der Waals surface area contributed by atoms with Gasteiger partial charge >= 0.3 is 5.97 Å². The number of fused-ring (bicyclic) bond motifs is 1. The molecule has 3 N–H and O–H groups in total. The Balaban J connectivity index is 1.30. The highest BCUT2D eigenvalue weighted by Gasteiger charge is 2.54. The highest BCUT2D eigenvalue weighted by Crippen LogP contribution is 2.41. The number of hydrogen-bond donors (Lipinski definition) is 3. The van der Waals surface area contributed by atoms with Crippen LogP contribution in [0.15, 0.2) is 56.5 Å². The fraction of sp³-hybridized carbons (Fsp3) is 0.273. The summed E-state index contributed by atoms with van der Waals surface area (Å²) in [4.78, 5) is 60.1. The number of aromatic nitrogens is 6. The summed E-state index contributed by atoms with van der Waals surface area (Å²) in [6.07, 6.45) is 3.41. The lowest BCUT2D eigenvalue weighted by Crippen LogP contribution is -2.71. The van der Waals surface area contributed by atoms with E-state index in [0.29, 0.717) is 35.1 Å². The van der Waals surface area contributed by atoms with Crippen LogP contribution < -0.4 is 10.6 Å². The Morgan fingerprint density at radius 3 is 3.00 bits per heavy atom. The number of thioether (sulfide) groups is 2. The number of thiazole rings is 1. The number of amides is 3. The van der Waals surface area contributed by atoms with E-state index in [-0.39, 0.29) is 34.6 Å². The van der Waals surface area contributed by atoms with Crippen LogP contribution in [0.25, 0.3) is 0 Å². The monoisotopic (exact) mass is 632 g/mol. The van der Waals surface area contributed by atoms with Crippen molar-refractivity contribution in [2.24, 2.45) is 5.16 Å². The molecule has 2 aliphatic rings. The molecule has 3 amide bonds. The number of carbonyl (C=O) groups is 4. The summed E-state index contributed by atoms with van der Waals surface area (Å²) in [7, 11) is 0. The molecule has 218 valence electrons. The van der Waals surface area contributed by atoms with E-state index in [1.807, 2.05) is 0 Å². The van der Waals surface area contributed by atoms with E-state index in [0.717, 1.165) is 16.2 Å². The predicted molar refractivity (Wildman–Crippen MR) is 148 cm³/mol. The standard InChI is InChI=1S/C22H20N10O7S3/c1-2-4-31-22(26-29-30-31)42-8-11-7-40-19-15(18(35)32(19)16(11)20(36)37)25-17(34)14(13-9-41-21(24-13)23-10-33)28-39-6-12-3-5-38-27-12/h2-3,5,9-10,15,19H,1,4,6-8H2,(H,25,34)(H,36,37)(H,23,24,33)/b28-14-/t15?,19-/m1/s1. The number of β-lactam (4-membered cyclic amide) rings is 1. The van der Waals surface area contributed by atoms with Gasteiger partial charge in [-0.3, -0.25) is 19.3 Å². The molecule has 0 spiro atoms. The van der Waals surface area contributed by atoms with E-state index in [1.165, 1.54) is 39.8 Å². The molecule has 2 atom stereocenters. The molecule has 0 aliphatic carbocycles. The van der Waals surface area contributed by atoms with Crippen LogP contribution in [0.2, 0.25) is 0 Å². The average Bonchev–Trinajstić information content (AvgIpc) is 3.76. The maximum Gasteiger partial charge on any atom is 0.352 e. The second-order valence-electron chi connectivity index (χ2n) is 8.34. The summed E-state index contributed by atoms with van der Waals surface area (Å²) in [5, 5.41) is 35.5. The summed E-state index contributed by atoms with van der Waals surface area (Å²) in [6, 6.07) is 0.521. The second kappa shape index (κ2) is 13.0. The molecular weight excluding hydrogens is 613 g/mol. The molecule has 5 rings (SSSR count). The molecule has 0 aromatic carbocycles. The number of nitrogens with one attached hydrogen (secondary N) is 2. The van der Waals surface area contributed by atoms with Crippen molar-refractivity contribution in [1.82, 2.24) is 40.6 Å². The summed E-state index contributed by atoms with van der Waals surface area (Å²) in [5.41, 5.74) is 0.623. The summed E-state index contributed by atoms with van der Waals surface area (Å²) < 4.78 is 6.26. The van der Waals surface area contributed by atoms with E-state index < -0.39 is 29.2 Å². The van der Waals surface area contributed by atoms with E-state index in [4.69, 9.17) is 9.36 Å². The van der Waals surface area contributed by atoms with E-state index >= 15 is 0 Å². The van der Waals surface area contributed by atoms with Crippen LogP contribution in [0.4, 0.5) is 5.13 Å². The summed E-state index contributed by atoms with van der Waals surface area (Å²) in [6.45, 7) is 3.93. The molecule has 2 aliphatic heterocycles. The Morgan fingerprint density at radius 2 is 2.26 bits per heavy atom. The number of carboxylic acids is 1. The van der Waals surface area contributed by atoms with E-state index in [1.54, 1.807) is 12.1 Å². The topological polar surface area (TPSA) is 220 Å². The Kier molecular flexibility index (Phi) is 8.93. The Morgan fingerprint density at radius 1 is 1.40 bits per heavy atom. The van der Waals surface area contributed by atoms with E-state index in [9.17, 15) is 24.3 Å². The highest BCUT2D eigenvalue weighted by molar-refractivity contribution is 8.01. The number of rotatable bonds is 14. The summed E-state index contributed by atoms with van der Waals surface area (Å²) >= 11 is 3.60. The number of oxime groups is 1. The largest absolute Gasteiger partial charge is 0.477 e. The fourth-order valence-electron chi connectivity index (χ4n) is 3.87. The minimum atomic E-state index is -1.26. The zero-order valence-electron chi connectivity index (χ0n) is 21.3. The van der Waals surface area contributed by atoms with Crippen molar-refractivity contribution in [2.75, 3.05) is 16.8 Å². The molecule has 20 heteroatoms. The minimum Gasteiger partial charge on any atom is -0.477 e. The van der Waals surface area contributed by atoms with Gasteiger partial charge in [0.05, 0.1) is 6.54 Å². The van der Waals surface area contributed by atoms with Gasteiger partial charge in [0.2, 0.25) is 11.6 Å². The zero-order chi connectivity index (χ0) is 29.6. The minimum absolute atomic E-state index is 0.0890. The van der Waals surface area contributed by atoms with Crippen LogP contribution in [0.5, 0.6) is 0 Å². The van der Waals surface area contributed by atoms with Gasteiger partial charge in [-0.2, -0.15) is 0 Å². The maximum atomic E-state index is 13.3. The number of aliphatic carboxylic acids is 1. The van der Waals surface area contributed by atoms with Gasteiger partial charge in [0.1, 0.15) is 34.8 Å². The lowest BCUT2D eigenvalue weighted by atomic mass is 10.0. The van der Waals surface area contributed by atoms with Crippen LogP contribution in [0.1, 0.15) is 11.4 Å². The Hall–Kier alpha value is -4.56. The second-order valence-corrected chi connectivity index (χ2v) is 11.2. The van der Waals surface area contributed by atoms with Crippen molar-refractivity contribution < 1.29 is 33.6 Å². The first-order valence-electron chi connectivity index (χ1n) is 11.9. The molecule has 5 heterocycles. The van der Waals surface area contributed by atoms with Crippen molar-refractivity contribution in [2.45, 2.75) is 29.7 Å². The molecule has 1 fully saturated rings. The SMILES string of the molecule is C=CCn1nnnc1SCC1=C(C(=O)O)N2C(=O)C(NC(=O)/C(=N\OCc3ccon3)c3csc(NC=O)n3)[C@H]2SC1. The van der Waals surface area contributed by atoms with Crippen molar-refractivity contribution in [1.29, 1.82) is 0 Å². The third-order valence-corrected chi connectivity index (χ3v) is 8.87. The fourth-order valence-corrected chi connectivity index (χ4v) is 6.90. The molecule has 17 nitrogen and oxygen atoms in total. The third-order valence-electron chi connectivity index (χ3n) is 5.72. The molecule has 3 aromatic heterocycles. The number of anilines is 1. The molecule has 42 heavy (non-hydrogen) atoms. The quantitative estimate of drug-likeness (QED) is 0.0544. The molecular formula is C22H20N10O7S3. The number of carboxylic acid groups (broad SMARTS) is 1. The van der Waals surface area contributed by atoms with Crippen molar-refractivity contribution in [3.05, 3.63) is 53.0 Å². The first kappa shape index (κ1) is 29.0. The van der Waals surface area contributed by atoms with Gasteiger partial charge in [0.25, 0.3) is 11.8 Å². The highest BCUT2D eigenvalue weighted by atomic mass is 32.2. The predicted octanol–water partition coefficient (Wildman–Crippen LogP) is 0.324. The Bertz CT molecular complexity index is 1570. The van der Waals surface area contributed by atoms with Crippen LogP contribution in [0.3, 0.4) is 0 Å². The third kappa shape index (κ3) is 6.04. The van der Waals surface area contributed by atoms with Crippen LogP contribution >= 0.6 is 34.9 Å². The van der Waals surface area contributed by atoms with Gasteiger partial charge < -0.3 is 25.1 Å². The first-order chi connectivity index (χ1) is 20.4. The van der Waals surface area contributed by atoms with Gasteiger partial charge in [-0.05, 0) is 16.0 Å². The molecule has 0 bridgehead atoms. The first-order valence-corrected chi connectivity index (χ1v) is 14.8. The number of carbonyl (C=O) groups excluding carboxylic acids is 3. The number of tetrazole rings is 1. The zero-order valence-corrected chi connectivity index (χ0v) is 23.7. The lowest BCUT2D eigenvalue weighted by molar-refractivity contribution is -0.150.